The quantitative estimate of drug-likeness (QED) is 0.805. The normalized spacial score (nSPS) is 23.0. The molecular weight excluding hydrogens is 188 g/mol. The van der Waals surface area contributed by atoms with Crippen molar-refractivity contribution in [3.05, 3.63) is 29.8 Å². The van der Waals surface area contributed by atoms with Gasteiger partial charge in [0.1, 0.15) is 11.4 Å². The van der Waals surface area contributed by atoms with Crippen LogP contribution in [-0.4, -0.2) is 10.7 Å². The first-order valence-electron chi connectivity index (χ1n) is 5.67. The number of para-hydroxylation sites is 1. The van der Waals surface area contributed by atoms with Gasteiger partial charge in [-0.05, 0) is 18.9 Å². The third-order valence-corrected chi connectivity index (χ3v) is 3.46. The molecule has 1 atom stereocenters. The molecule has 0 saturated carbocycles. The van der Waals surface area contributed by atoms with Crippen molar-refractivity contribution in [3.63, 3.8) is 0 Å². The van der Waals surface area contributed by atoms with E-state index in [-0.39, 0.29) is 11.7 Å². The zero-order valence-corrected chi connectivity index (χ0v) is 9.36. The molecule has 1 aliphatic rings. The van der Waals surface area contributed by atoms with Crippen molar-refractivity contribution in [1.29, 1.82) is 0 Å². The van der Waals surface area contributed by atoms with Crippen molar-refractivity contribution >= 4 is 0 Å². The van der Waals surface area contributed by atoms with Gasteiger partial charge in [0, 0.05) is 12.0 Å². The minimum absolute atomic E-state index is 0.173. The monoisotopic (exact) mass is 206 g/mol. The summed E-state index contributed by atoms with van der Waals surface area (Å²) in [5.74, 6) is 0.847. The van der Waals surface area contributed by atoms with Gasteiger partial charge in [0.15, 0.2) is 0 Å². The topological polar surface area (TPSA) is 29.5 Å². The largest absolute Gasteiger partial charge is 0.487 e. The molecule has 15 heavy (non-hydrogen) atoms. The van der Waals surface area contributed by atoms with E-state index in [1.807, 2.05) is 24.3 Å². The molecule has 2 heteroatoms. The fraction of sp³-hybridized carbons (Fsp3) is 0.538. The van der Waals surface area contributed by atoms with Gasteiger partial charge < -0.3 is 9.84 Å². The van der Waals surface area contributed by atoms with Crippen LogP contribution in [0.3, 0.4) is 0 Å². The van der Waals surface area contributed by atoms with E-state index >= 15 is 0 Å². The Kier molecular flexibility index (Phi) is 2.70. The van der Waals surface area contributed by atoms with Gasteiger partial charge >= 0.3 is 0 Å². The number of benzene rings is 1. The molecule has 1 N–H and O–H groups in total. The van der Waals surface area contributed by atoms with Crippen LogP contribution in [0.5, 0.6) is 5.75 Å². The second-order valence-corrected chi connectivity index (χ2v) is 4.25. The highest BCUT2D eigenvalue weighted by Crippen LogP contribution is 2.42. The van der Waals surface area contributed by atoms with E-state index in [9.17, 15) is 5.11 Å². The van der Waals surface area contributed by atoms with Crippen LogP contribution in [0.1, 0.15) is 44.8 Å². The maximum Gasteiger partial charge on any atom is 0.125 e. The van der Waals surface area contributed by atoms with Crippen LogP contribution in [0, 0.1) is 0 Å². The molecule has 0 bridgehead atoms. The molecular formula is C13H18O2. The first-order valence-corrected chi connectivity index (χ1v) is 5.67. The number of rotatable bonds is 2. The molecule has 0 aliphatic carbocycles. The second kappa shape index (κ2) is 3.86. The molecule has 0 spiro atoms. The number of fused-ring (bicyclic) bond motifs is 1. The van der Waals surface area contributed by atoms with Crippen LogP contribution in [0.25, 0.3) is 0 Å². The van der Waals surface area contributed by atoms with Gasteiger partial charge in [-0.2, -0.15) is 0 Å². The molecule has 0 fully saturated rings. The number of aliphatic hydroxyl groups excluding tert-OH is 1. The highest BCUT2D eigenvalue weighted by atomic mass is 16.5. The lowest BCUT2D eigenvalue weighted by Gasteiger charge is -2.39. The van der Waals surface area contributed by atoms with Crippen LogP contribution in [0.2, 0.25) is 0 Å². The van der Waals surface area contributed by atoms with Crippen molar-refractivity contribution < 1.29 is 9.84 Å². The molecule has 82 valence electrons. The maximum atomic E-state index is 10.1. The van der Waals surface area contributed by atoms with Crippen LogP contribution >= 0.6 is 0 Å². The lowest BCUT2D eigenvalue weighted by atomic mass is 9.85. The first kappa shape index (κ1) is 10.5. The predicted molar refractivity (Wildman–Crippen MR) is 60.0 cm³/mol. The summed E-state index contributed by atoms with van der Waals surface area (Å²) >= 11 is 0. The Morgan fingerprint density at radius 1 is 1.33 bits per heavy atom. The molecule has 1 aliphatic heterocycles. The van der Waals surface area contributed by atoms with Crippen molar-refractivity contribution in [2.24, 2.45) is 0 Å². The lowest BCUT2D eigenvalue weighted by molar-refractivity contribution is -0.0195. The summed E-state index contributed by atoms with van der Waals surface area (Å²) < 4.78 is 6.03. The Labute approximate surface area is 90.9 Å². The van der Waals surface area contributed by atoms with Gasteiger partial charge in [0.2, 0.25) is 0 Å². The number of aliphatic hydroxyl groups is 1. The summed E-state index contributed by atoms with van der Waals surface area (Å²) in [7, 11) is 0. The molecule has 0 unspecified atom stereocenters. The Morgan fingerprint density at radius 2 is 2.00 bits per heavy atom. The summed E-state index contributed by atoms with van der Waals surface area (Å²) in [5, 5.41) is 10.1. The maximum absolute atomic E-state index is 10.1. The van der Waals surface area contributed by atoms with Crippen LogP contribution in [0.4, 0.5) is 0 Å². The fourth-order valence-corrected chi connectivity index (χ4v) is 2.27. The van der Waals surface area contributed by atoms with Gasteiger partial charge in [-0.25, -0.2) is 0 Å². The summed E-state index contributed by atoms with van der Waals surface area (Å²) in [4.78, 5) is 0. The predicted octanol–water partition coefficient (Wildman–Crippen LogP) is 3.06. The number of hydrogen-bond acceptors (Lipinski definition) is 2. The summed E-state index contributed by atoms with van der Waals surface area (Å²) in [6, 6.07) is 7.77. The van der Waals surface area contributed by atoms with E-state index in [0.29, 0.717) is 6.42 Å². The smallest absolute Gasteiger partial charge is 0.125 e. The third kappa shape index (κ3) is 1.74. The Bertz CT molecular complexity index is 342. The van der Waals surface area contributed by atoms with Gasteiger partial charge in [0.25, 0.3) is 0 Å². The summed E-state index contributed by atoms with van der Waals surface area (Å²) in [5.41, 5.74) is 0.753. The molecule has 0 aromatic heterocycles. The van der Waals surface area contributed by atoms with E-state index in [1.54, 1.807) is 0 Å². The molecule has 0 saturated heterocycles. The molecule has 0 amide bonds. The van der Waals surface area contributed by atoms with E-state index in [2.05, 4.69) is 13.8 Å². The Balaban J connectivity index is 2.37. The van der Waals surface area contributed by atoms with E-state index in [1.165, 1.54) is 0 Å². The number of ether oxygens (including phenoxy) is 1. The van der Waals surface area contributed by atoms with Crippen molar-refractivity contribution in [1.82, 2.24) is 0 Å². The molecule has 2 rings (SSSR count). The van der Waals surface area contributed by atoms with E-state index in [4.69, 9.17) is 4.74 Å². The minimum atomic E-state index is -0.380. The summed E-state index contributed by atoms with van der Waals surface area (Å²) in [6.45, 7) is 4.23. The molecule has 1 aromatic rings. The average Bonchev–Trinajstić information content (AvgIpc) is 2.29. The second-order valence-electron chi connectivity index (χ2n) is 4.25. The van der Waals surface area contributed by atoms with Crippen molar-refractivity contribution in [2.45, 2.75) is 44.8 Å². The summed E-state index contributed by atoms with van der Waals surface area (Å²) in [6.07, 6.45) is 2.20. The van der Waals surface area contributed by atoms with E-state index in [0.717, 1.165) is 24.2 Å². The highest BCUT2D eigenvalue weighted by Gasteiger charge is 2.37. The van der Waals surface area contributed by atoms with Crippen LogP contribution < -0.4 is 4.74 Å². The van der Waals surface area contributed by atoms with Gasteiger partial charge in [-0.3, -0.25) is 0 Å². The molecule has 2 nitrogen and oxygen atoms in total. The first-order chi connectivity index (χ1) is 7.21. The SMILES string of the molecule is CCC1(CC)C[C@@H](O)c2ccccc2O1. The fourth-order valence-electron chi connectivity index (χ4n) is 2.27. The zero-order chi connectivity index (χ0) is 10.9. The third-order valence-electron chi connectivity index (χ3n) is 3.46. The van der Waals surface area contributed by atoms with Gasteiger partial charge in [-0.1, -0.05) is 32.0 Å². The van der Waals surface area contributed by atoms with Gasteiger partial charge in [-0.15, -0.1) is 0 Å². The van der Waals surface area contributed by atoms with Crippen LogP contribution in [0.15, 0.2) is 24.3 Å². The van der Waals surface area contributed by atoms with Crippen LogP contribution in [-0.2, 0) is 0 Å². The standard InChI is InChI=1S/C13H18O2/c1-3-13(4-2)9-11(14)10-7-5-6-8-12(10)15-13/h5-8,11,14H,3-4,9H2,1-2H3/t11-/m1/s1. The van der Waals surface area contributed by atoms with Crippen molar-refractivity contribution in [3.8, 4) is 5.75 Å². The lowest BCUT2D eigenvalue weighted by Crippen LogP contribution is -2.39. The molecule has 1 heterocycles. The van der Waals surface area contributed by atoms with Gasteiger partial charge in [0.05, 0.1) is 6.10 Å². The van der Waals surface area contributed by atoms with E-state index < -0.39 is 0 Å². The zero-order valence-electron chi connectivity index (χ0n) is 9.36. The average molecular weight is 206 g/mol. The van der Waals surface area contributed by atoms with Crippen molar-refractivity contribution in [2.75, 3.05) is 0 Å². The number of hydrogen-bond donors (Lipinski definition) is 1. The Hall–Kier alpha value is -1.02. The Morgan fingerprint density at radius 3 is 2.67 bits per heavy atom. The molecule has 0 radical (unpaired) electrons. The minimum Gasteiger partial charge on any atom is -0.487 e. The highest BCUT2D eigenvalue weighted by molar-refractivity contribution is 5.37. The molecule has 1 aromatic carbocycles.